The Balaban J connectivity index is 2.09. The molecule has 0 saturated heterocycles. The monoisotopic (exact) mass is 360 g/mol. The van der Waals surface area contributed by atoms with Gasteiger partial charge in [-0.15, -0.1) is 0 Å². The SMILES string of the molecule is CCc1ccc(-c2ccc(-c3ccc(CC)cc3C(=N)N)o2)c(C(=N)N)c1. The molecular formula is C22H24N4O. The van der Waals surface area contributed by atoms with Crippen LogP contribution in [0, 0.1) is 10.8 Å². The topological polar surface area (TPSA) is 113 Å². The zero-order valence-corrected chi connectivity index (χ0v) is 15.6. The molecule has 5 heteroatoms. The van der Waals surface area contributed by atoms with Crippen LogP contribution in [0.25, 0.3) is 22.6 Å². The molecule has 1 heterocycles. The van der Waals surface area contributed by atoms with Crippen molar-refractivity contribution in [2.75, 3.05) is 0 Å². The average Bonchev–Trinajstić information content (AvgIpc) is 3.16. The molecule has 0 bridgehead atoms. The highest BCUT2D eigenvalue weighted by Crippen LogP contribution is 2.33. The lowest BCUT2D eigenvalue weighted by Crippen LogP contribution is -2.13. The zero-order chi connectivity index (χ0) is 19.6. The number of nitrogens with two attached hydrogens (primary N) is 2. The molecule has 5 nitrogen and oxygen atoms in total. The van der Waals surface area contributed by atoms with E-state index in [1.54, 1.807) is 0 Å². The van der Waals surface area contributed by atoms with Crippen molar-refractivity contribution in [1.29, 1.82) is 10.8 Å². The molecule has 0 aliphatic rings. The normalized spacial score (nSPS) is 10.7. The summed E-state index contributed by atoms with van der Waals surface area (Å²) in [5.41, 5.74) is 16.7. The quantitative estimate of drug-likeness (QED) is 0.388. The molecule has 0 aliphatic heterocycles. The van der Waals surface area contributed by atoms with Crippen molar-refractivity contribution in [1.82, 2.24) is 0 Å². The molecule has 0 aliphatic carbocycles. The summed E-state index contributed by atoms with van der Waals surface area (Å²) in [4.78, 5) is 0. The fraction of sp³-hybridized carbons (Fsp3) is 0.182. The van der Waals surface area contributed by atoms with Gasteiger partial charge >= 0.3 is 0 Å². The minimum absolute atomic E-state index is 0.00923. The van der Waals surface area contributed by atoms with Gasteiger partial charge in [0.2, 0.25) is 0 Å². The first-order valence-electron chi connectivity index (χ1n) is 8.99. The molecule has 0 fully saturated rings. The third-order valence-electron chi connectivity index (χ3n) is 4.70. The van der Waals surface area contributed by atoms with Crippen LogP contribution in [0.15, 0.2) is 52.9 Å². The molecule has 0 spiro atoms. The molecule has 0 radical (unpaired) electrons. The fourth-order valence-electron chi connectivity index (χ4n) is 3.13. The number of benzene rings is 2. The summed E-state index contributed by atoms with van der Waals surface area (Å²) < 4.78 is 6.08. The maximum Gasteiger partial charge on any atom is 0.135 e. The summed E-state index contributed by atoms with van der Waals surface area (Å²) in [6.45, 7) is 4.13. The Bertz CT molecular complexity index is 937. The number of hydrogen-bond donors (Lipinski definition) is 4. The van der Waals surface area contributed by atoms with Gasteiger partial charge in [-0.3, -0.25) is 10.8 Å². The molecule has 1 aromatic heterocycles. The first-order chi connectivity index (χ1) is 12.9. The summed E-state index contributed by atoms with van der Waals surface area (Å²) in [5, 5.41) is 15.8. The molecule has 0 saturated carbocycles. The number of hydrogen-bond acceptors (Lipinski definition) is 3. The number of rotatable bonds is 6. The van der Waals surface area contributed by atoms with Gasteiger partial charge in [0.1, 0.15) is 23.2 Å². The van der Waals surface area contributed by atoms with Gasteiger partial charge in [0.15, 0.2) is 0 Å². The molecule has 27 heavy (non-hydrogen) atoms. The second-order valence-corrected chi connectivity index (χ2v) is 6.46. The van der Waals surface area contributed by atoms with E-state index < -0.39 is 0 Å². The van der Waals surface area contributed by atoms with Crippen molar-refractivity contribution in [3.05, 3.63) is 70.8 Å². The molecule has 0 atom stereocenters. The standard InChI is InChI=1S/C22H24N4O/c1-3-13-5-7-15(17(11-13)21(23)24)19-9-10-20(27-19)16-8-6-14(4-2)12-18(16)22(25)26/h5-12H,3-4H2,1-2H3,(H3,23,24)(H3,25,26). The van der Waals surface area contributed by atoms with E-state index in [9.17, 15) is 0 Å². The number of aryl methyl sites for hydroxylation is 2. The van der Waals surface area contributed by atoms with Crippen LogP contribution in [0.4, 0.5) is 0 Å². The van der Waals surface area contributed by atoms with Crippen molar-refractivity contribution in [3.63, 3.8) is 0 Å². The lowest BCUT2D eigenvalue weighted by atomic mass is 10.00. The molecule has 6 N–H and O–H groups in total. The van der Waals surface area contributed by atoms with Crippen LogP contribution in [0.5, 0.6) is 0 Å². The molecule has 3 rings (SSSR count). The van der Waals surface area contributed by atoms with Gasteiger partial charge in [-0.2, -0.15) is 0 Å². The van der Waals surface area contributed by atoms with Crippen LogP contribution >= 0.6 is 0 Å². The van der Waals surface area contributed by atoms with Crippen molar-refractivity contribution >= 4 is 11.7 Å². The van der Waals surface area contributed by atoms with Crippen molar-refractivity contribution in [2.45, 2.75) is 26.7 Å². The zero-order valence-electron chi connectivity index (χ0n) is 15.6. The summed E-state index contributed by atoms with van der Waals surface area (Å²) in [5.74, 6) is 1.28. The Labute approximate surface area is 159 Å². The van der Waals surface area contributed by atoms with Crippen LogP contribution in [0.1, 0.15) is 36.1 Å². The van der Waals surface area contributed by atoms with Gasteiger partial charge < -0.3 is 15.9 Å². The van der Waals surface area contributed by atoms with Gasteiger partial charge in [-0.05, 0) is 48.2 Å². The van der Waals surface area contributed by atoms with Crippen molar-refractivity contribution < 1.29 is 4.42 Å². The van der Waals surface area contributed by atoms with Gasteiger partial charge in [0, 0.05) is 22.3 Å². The predicted molar refractivity (Wildman–Crippen MR) is 110 cm³/mol. The molecule has 0 amide bonds. The summed E-state index contributed by atoms with van der Waals surface area (Å²) in [6, 6.07) is 15.5. The highest BCUT2D eigenvalue weighted by Gasteiger charge is 2.16. The Morgan fingerprint density at radius 2 is 1.15 bits per heavy atom. The van der Waals surface area contributed by atoms with Crippen LogP contribution < -0.4 is 11.5 Å². The van der Waals surface area contributed by atoms with E-state index in [0.717, 1.165) is 35.1 Å². The predicted octanol–water partition coefficient (Wildman–Crippen LogP) is 4.31. The Kier molecular flexibility index (Phi) is 5.12. The largest absolute Gasteiger partial charge is 0.456 e. The Morgan fingerprint density at radius 3 is 1.48 bits per heavy atom. The van der Waals surface area contributed by atoms with Crippen molar-refractivity contribution in [2.24, 2.45) is 11.5 Å². The van der Waals surface area contributed by atoms with Crippen molar-refractivity contribution in [3.8, 4) is 22.6 Å². The number of furan rings is 1. The minimum atomic E-state index is 0.00923. The first kappa shape index (κ1) is 18.5. The van der Waals surface area contributed by atoms with Crippen LogP contribution in [0.3, 0.4) is 0 Å². The van der Waals surface area contributed by atoms with Crippen LogP contribution in [-0.4, -0.2) is 11.7 Å². The minimum Gasteiger partial charge on any atom is -0.456 e. The van der Waals surface area contributed by atoms with Crippen LogP contribution in [0.2, 0.25) is 0 Å². The molecule has 138 valence electrons. The van der Waals surface area contributed by atoms with Gasteiger partial charge in [-0.25, -0.2) is 0 Å². The second kappa shape index (κ2) is 7.50. The highest BCUT2D eigenvalue weighted by atomic mass is 16.3. The van der Waals surface area contributed by atoms with E-state index in [-0.39, 0.29) is 11.7 Å². The molecule has 3 aromatic rings. The lowest BCUT2D eigenvalue weighted by molar-refractivity contribution is 0.597. The van der Waals surface area contributed by atoms with E-state index in [0.29, 0.717) is 22.6 Å². The number of amidine groups is 2. The average molecular weight is 360 g/mol. The van der Waals surface area contributed by atoms with Gasteiger partial charge in [0.05, 0.1) is 0 Å². The Hall–Kier alpha value is -3.34. The third kappa shape index (κ3) is 3.62. The van der Waals surface area contributed by atoms with Crippen LogP contribution in [-0.2, 0) is 12.8 Å². The Morgan fingerprint density at radius 1 is 0.741 bits per heavy atom. The van der Waals surface area contributed by atoms with E-state index in [1.807, 2.05) is 48.5 Å². The van der Waals surface area contributed by atoms with E-state index in [4.69, 9.17) is 26.7 Å². The lowest BCUT2D eigenvalue weighted by Gasteiger charge is -2.10. The second-order valence-electron chi connectivity index (χ2n) is 6.46. The number of nitrogens with one attached hydrogen (secondary N) is 2. The summed E-state index contributed by atoms with van der Waals surface area (Å²) in [6.07, 6.45) is 1.74. The molecule has 2 aromatic carbocycles. The summed E-state index contributed by atoms with van der Waals surface area (Å²) in [7, 11) is 0. The first-order valence-corrected chi connectivity index (χ1v) is 8.99. The van der Waals surface area contributed by atoms with E-state index in [2.05, 4.69) is 13.8 Å². The smallest absolute Gasteiger partial charge is 0.135 e. The third-order valence-corrected chi connectivity index (χ3v) is 4.70. The van der Waals surface area contributed by atoms with E-state index in [1.165, 1.54) is 0 Å². The summed E-state index contributed by atoms with van der Waals surface area (Å²) >= 11 is 0. The number of nitrogen functional groups attached to an aromatic ring is 2. The highest BCUT2D eigenvalue weighted by molar-refractivity contribution is 6.02. The van der Waals surface area contributed by atoms with Gasteiger partial charge in [-0.1, -0.05) is 38.1 Å². The maximum absolute atomic E-state index is 7.89. The molecular weight excluding hydrogens is 336 g/mol. The maximum atomic E-state index is 7.89. The van der Waals surface area contributed by atoms with E-state index >= 15 is 0 Å². The molecule has 0 unspecified atom stereocenters. The van der Waals surface area contributed by atoms with Gasteiger partial charge in [0.25, 0.3) is 0 Å². The fourth-order valence-corrected chi connectivity index (χ4v) is 3.13.